The van der Waals surface area contributed by atoms with Gasteiger partial charge >= 0.3 is 0 Å². The van der Waals surface area contributed by atoms with Crippen LogP contribution >= 0.6 is 0 Å². The van der Waals surface area contributed by atoms with Gasteiger partial charge in [-0.15, -0.1) is 0 Å². The van der Waals surface area contributed by atoms with Crippen LogP contribution in [0.25, 0.3) is 21.7 Å². The van der Waals surface area contributed by atoms with E-state index in [1.165, 1.54) is 21.7 Å². The summed E-state index contributed by atoms with van der Waals surface area (Å²) in [7, 11) is 0. The lowest BCUT2D eigenvalue weighted by atomic mass is 10.0. The zero-order chi connectivity index (χ0) is 10.3. The van der Waals surface area contributed by atoms with E-state index in [0.29, 0.717) is 0 Å². The van der Waals surface area contributed by atoms with Crippen LogP contribution in [0.1, 0.15) is 5.56 Å². The number of nitrogens with zero attached hydrogens (tertiary/aromatic N) is 1. The molecule has 0 unspecified atom stereocenters. The Bertz CT molecular complexity index is 641. The molecular formula is C14H11N. The molecule has 0 saturated heterocycles. The number of pyridine rings is 1. The quantitative estimate of drug-likeness (QED) is 0.496. The van der Waals surface area contributed by atoms with Crippen molar-refractivity contribution in [3.8, 4) is 0 Å². The van der Waals surface area contributed by atoms with Crippen molar-refractivity contribution in [3.05, 3.63) is 54.2 Å². The Morgan fingerprint density at radius 1 is 0.933 bits per heavy atom. The van der Waals surface area contributed by atoms with Gasteiger partial charge in [0, 0.05) is 11.6 Å². The van der Waals surface area contributed by atoms with Gasteiger partial charge in [0.1, 0.15) is 0 Å². The average molecular weight is 193 g/mol. The number of aromatic nitrogens is 1. The fraction of sp³-hybridized carbons (Fsp3) is 0.0714. The number of hydrogen-bond donors (Lipinski definition) is 0. The average Bonchev–Trinajstić information content (AvgIpc) is 2.28. The molecule has 0 aliphatic rings. The van der Waals surface area contributed by atoms with Gasteiger partial charge in [-0.2, -0.15) is 0 Å². The molecule has 0 fully saturated rings. The molecule has 0 N–H and O–H groups in total. The molecule has 0 atom stereocenters. The van der Waals surface area contributed by atoms with Crippen molar-refractivity contribution in [2.45, 2.75) is 6.92 Å². The maximum atomic E-state index is 4.35. The topological polar surface area (TPSA) is 12.9 Å². The van der Waals surface area contributed by atoms with Crippen LogP contribution in [-0.4, -0.2) is 4.98 Å². The van der Waals surface area contributed by atoms with Crippen molar-refractivity contribution in [3.63, 3.8) is 0 Å². The van der Waals surface area contributed by atoms with Gasteiger partial charge in [0.2, 0.25) is 0 Å². The molecule has 3 aromatic rings. The van der Waals surface area contributed by atoms with E-state index in [2.05, 4.69) is 48.3 Å². The lowest BCUT2D eigenvalue weighted by Gasteiger charge is -2.03. The fourth-order valence-corrected chi connectivity index (χ4v) is 2.01. The molecule has 72 valence electrons. The Labute approximate surface area is 88.4 Å². The maximum Gasteiger partial charge on any atom is 0.0708 e. The van der Waals surface area contributed by atoms with Crippen LogP contribution in [0.15, 0.2) is 48.7 Å². The molecule has 0 bridgehead atoms. The Morgan fingerprint density at radius 2 is 1.87 bits per heavy atom. The van der Waals surface area contributed by atoms with Gasteiger partial charge in [0.25, 0.3) is 0 Å². The summed E-state index contributed by atoms with van der Waals surface area (Å²) < 4.78 is 0. The smallest absolute Gasteiger partial charge is 0.0708 e. The first-order valence-corrected chi connectivity index (χ1v) is 5.09. The molecule has 0 saturated carbocycles. The number of fused-ring (bicyclic) bond motifs is 3. The summed E-state index contributed by atoms with van der Waals surface area (Å²) in [5.74, 6) is 0. The molecule has 0 aliphatic carbocycles. The van der Waals surface area contributed by atoms with E-state index in [1.807, 2.05) is 12.3 Å². The largest absolute Gasteiger partial charge is 0.256 e. The monoisotopic (exact) mass is 193 g/mol. The van der Waals surface area contributed by atoms with Gasteiger partial charge in [0.05, 0.1) is 5.52 Å². The molecule has 1 heterocycles. The van der Waals surface area contributed by atoms with Crippen molar-refractivity contribution in [1.82, 2.24) is 4.98 Å². The lowest BCUT2D eigenvalue weighted by Crippen LogP contribution is -1.81. The predicted octanol–water partition coefficient (Wildman–Crippen LogP) is 3.70. The minimum Gasteiger partial charge on any atom is -0.256 e. The Balaban J connectivity index is 2.55. The first-order chi connectivity index (χ1) is 7.34. The molecule has 0 spiro atoms. The molecule has 1 aromatic heterocycles. The van der Waals surface area contributed by atoms with Crippen molar-refractivity contribution < 1.29 is 0 Å². The van der Waals surface area contributed by atoms with Crippen LogP contribution in [0, 0.1) is 6.92 Å². The third-order valence-corrected chi connectivity index (χ3v) is 2.76. The maximum absolute atomic E-state index is 4.35. The van der Waals surface area contributed by atoms with Crippen LogP contribution in [0.5, 0.6) is 0 Å². The minimum absolute atomic E-state index is 1.06. The highest BCUT2D eigenvalue weighted by Crippen LogP contribution is 2.24. The summed E-state index contributed by atoms with van der Waals surface area (Å²) in [6, 6.07) is 14.9. The summed E-state index contributed by atoms with van der Waals surface area (Å²) in [5, 5.41) is 3.80. The van der Waals surface area contributed by atoms with E-state index in [9.17, 15) is 0 Å². The highest BCUT2D eigenvalue weighted by molar-refractivity contribution is 6.06. The summed E-state index contributed by atoms with van der Waals surface area (Å²) in [4.78, 5) is 4.35. The van der Waals surface area contributed by atoms with E-state index in [0.717, 1.165) is 5.52 Å². The number of aryl methyl sites for hydroxylation is 1. The second-order valence-electron chi connectivity index (χ2n) is 3.86. The van der Waals surface area contributed by atoms with Crippen LogP contribution in [0.2, 0.25) is 0 Å². The molecule has 15 heavy (non-hydrogen) atoms. The second kappa shape index (κ2) is 3.06. The first-order valence-electron chi connectivity index (χ1n) is 5.09. The van der Waals surface area contributed by atoms with Gasteiger partial charge in [-0.05, 0) is 29.8 Å². The van der Waals surface area contributed by atoms with E-state index < -0.39 is 0 Å². The Kier molecular flexibility index (Phi) is 1.72. The Hall–Kier alpha value is -1.89. The second-order valence-corrected chi connectivity index (χ2v) is 3.86. The summed E-state index contributed by atoms with van der Waals surface area (Å²) in [6.07, 6.45) is 1.84. The number of benzene rings is 2. The lowest BCUT2D eigenvalue weighted by molar-refractivity contribution is 1.42. The minimum atomic E-state index is 1.06. The molecular weight excluding hydrogens is 182 g/mol. The molecule has 0 amide bonds. The van der Waals surface area contributed by atoms with Crippen LogP contribution in [-0.2, 0) is 0 Å². The SMILES string of the molecule is Cc1ccc2c(ccc3ncccc32)c1. The first kappa shape index (κ1) is 8.42. The zero-order valence-electron chi connectivity index (χ0n) is 8.57. The molecule has 0 aliphatic heterocycles. The number of hydrogen-bond acceptors (Lipinski definition) is 1. The van der Waals surface area contributed by atoms with Crippen LogP contribution < -0.4 is 0 Å². The highest BCUT2D eigenvalue weighted by Gasteiger charge is 1.99. The van der Waals surface area contributed by atoms with Crippen molar-refractivity contribution in [2.24, 2.45) is 0 Å². The summed E-state index contributed by atoms with van der Waals surface area (Å²) in [5.41, 5.74) is 2.36. The molecule has 1 heteroatoms. The Morgan fingerprint density at radius 3 is 2.80 bits per heavy atom. The van der Waals surface area contributed by atoms with Crippen LogP contribution in [0.3, 0.4) is 0 Å². The van der Waals surface area contributed by atoms with E-state index in [4.69, 9.17) is 0 Å². The van der Waals surface area contributed by atoms with Gasteiger partial charge in [-0.1, -0.05) is 35.9 Å². The zero-order valence-corrected chi connectivity index (χ0v) is 8.57. The normalized spacial score (nSPS) is 11.0. The molecule has 0 radical (unpaired) electrons. The van der Waals surface area contributed by atoms with Crippen LogP contribution in [0.4, 0.5) is 0 Å². The standard InChI is InChI=1S/C14H11N/c1-10-4-6-12-11(9-10)5-7-14-13(12)3-2-8-15-14/h2-9H,1H3. The van der Waals surface area contributed by atoms with Gasteiger partial charge < -0.3 is 0 Å². The summed E-state index contributed by atoms with van der Waals surface area (Å²) >= 11 is 0. The van der Waals surface area contributed by atoms with Gasteiger partial charge in [-0.25, -0.2) is 0 Å². The third kappa shape index (κ3) is 1.28. The predicted molar refractivity (Wildman–Crippen MR) is 64.0 cm³/mol. The summed E-state index contributed by atoms with van der Waals surface area (Å²) in [6.45, 7) is 2.12. The van der Waals surface area contributed by atoms with E-state index in [1.54, 1.807) is 0 Å². The van der Waals surface area contributed by atoms with Gasteiger partial charge in [-0.3, -0.25) is 4.98 Å². The van der Waals surface area contributed by atoms with E-state index in [-0.39, 0.29) is 0 Å². The molecule has 1 nitrogen and oxygen atoms in total. The fourth-order valence-electron chi connectivity index (χ4n) is 2.01. The highest BCUT2D eigenvalue weighted by atomic mass is 14.6. The van der Waals surface area contributed by atoms with Crippen molar-refractivity contribution in [1.29, 1.82) is 0 Å². The van der Waals surface area contributed by atoms with Gasteiger partial charge in [0.15, 0.2) is 0 Å². The van der Waals surface area contributed by atoms with Crippen molar-refractivity contribution >= 4 is 21.7 Å². The molecule has 2 aromatic carbocycles. The molecule has 3 rings (SSSR count). The van der Waals surface area contributed by atoms with Crippen molar-refractivity contribution in [2.75, 3.05) is 0 Å². The van der Waals surface area contributed by atoms with E-state index >= 15 is 0 Å². The number of rotatable bonds is 0. The third-order valence-electron chi connectivity index (χ3n) is 2.76.